The standard InChI is InChI=1S/C25H41N3O5/c1-10-17(3)28(22(31)19(15-29)26-23(32)33-25(7,8)9)20(21(30)27-24(4,5)6)18-13-11-16(2)12-14-18/h11-14,17,19-20,29H,10,15H2,1-9H3,(H,26,32)(H,27,30). The third-order valence-corrected chi connectivity index (χ3v) is 4.91. The van der Waals surface area contributed by atoms with Crippen LogP contribution in [0.4, 0.5) is 4.79 Å². The Hall–Kier alpha value is -2.61. The summed E-state index contributed by atoms with van der Waals surface area (Å²) in [6.45, 7) is 15.8. The van der Waals surface area contributed by atoms with Gasteiger partial charge in [0.2, 0.25) is 11.8 Å². The van der Waals surface area contributed by atoms with Crippen molar-refractivity contribution >= 4 is 17.9 Å². The second-order valence-electron chi connectivity index (χ2n) is 10.4. The van der Waals surface area contributed by atoms with Crippen LogP contribution in [0.5, 0.6) is 0 Å². The summed E-state index contributed by atoms with van der Waals surface area (Å²) in [4.78, 5) is 40.8. The molecule has 1 aromatic carbocycles. The Bertz CT molecular complexity index is 809. The zero-order valence-electron chi connectivity index (χ0n) is 21.5. The Labute approximate surface area is 198 Å². The number of rotatable bonds is 8. The van der Waals surface area contributed by atoms with Crippen molar-refractivity contribution in [1.29, 1.82) is 0 Å². The van der Waals surface area contributed by atoms with Gasteiger partial charge in [-0.1, -0.05) is 36.8 Å². The molecule has 0 fully saturated rings. The molecule has 3 atom stereocenters. The summed E-state index contributed by atoms with van der Waals surface area (Å²) < 4.78 is 5.25. The Kier molecular flexibility index (Phi) is 9.90. The van der Waals surface area contributed by atoms with Crippen molar-refractivity contribution in [2.75, 3.05) is 6.61 Å². The number of ether oxygens (including phenoxy) is 1. The van der Waals surface area contributed by atoms with E-state index in [2.05, 4.69) is 10.6 Å². The Morgan fingerprint density at radius 3 is 2.03 bits per heavy atom. The number of alkyl carbamates (subject to hydrolysis) is 1. The first-order chi connectivity index (χ1) is 15.1. The number of nitrogens with one attached hydrogen (secondary N) is 2. The lowest BCUT2D eigenvalue weighted by molar-refractivity contribution is -0.146. The topological polar surface area (TPSA) is 108 Å². The molecule has 3 unspecified atom stereocenters. The van der Waals surface area contributed by atoms with E-state index in [0.717, 1.165) is 5.56 Å². The maximum Gasteiger partial charge on any atom is 0.408 e. The summed E-state index contributed by atoms with van der Waals surface area (Å²) in [5.41, 5.74) is 0.385. The molecule has 1 rings (SSSR count). The van der Waals surface area contributed by atoms with E-state index >= 15 is 0 Å². The molecule has 0 saturated heterocycles. The van der Waals surface area contributed by atoms with Gasteiger partial charge >= 0.3 is 6.09 Å². The molecule has 0 aliphatic heterocycles. The van der Waals surface area contributed by atoms with E-state index < -0.39 is 41.8 Å². The van der Waals surface area contributed by atoms with E-state index in [1.54, 1.807) is 20.8 Å². The molecule has 1 aromatic rings. The highest BCUT2D eigenvalue weighted by Crippen LogP contribution is 2.27. The van der Waals surface area contributed by atoms with Crippen LogP contribution in [0.2, 0.25) is 0 Å². The van der Waals surface area contributed by atoms with Gasteiger partial charge in [0, 0.05) is 11.6 Å². The van der Waals surface area contributed by atoms with Gasteiger partial charge in [0.1, 0.15) is 17.7 Å². The van der Waals surface area contributed by atoms with E-state index in [1.807, 2.05) is 65.8 Å². The van der Waals surface area contributed by atoms with Crippen LogP contribution in [-0.4, -0.2) is 57.7 Å². The molecule has 8 nitrogen and oxygen atoms in total. The summed E-state index contributed by atoms with van der Waals surface area (Å²) in [6.07, 6.45) is -0.244. The van der Waals surface area contributed by atoms with E-state index in [-0.39, 0.29) is 11.9 Å². The monoisotopic (exact) mass is 463 g/mol. The molecule has 0 radical (unpaired) electrons. The predicted molar refractivity (Wildman–Crippen MR) is 129 cm³/mol. The van der Waals surface area contributed by atoms with Crippen molar-refractivity contribution in [3.8, 4) is 0 Å². The van der Waals surface area contributed by atoms with Crippen LogP contribution in [0.15, 0.2) is 24.3 Å². The first-order valence-corrected chi connectivity index (χ1v) is 11.4. The van der Waals surface area contributed by atoms with E-state index in [9.17, 15) is 19.5 Å². The summed E-state index contributed by atoms with van der Waals surface area (Å²) in [6, 6.07) is 4.86. The van der Waals surface area contributed by atoms with Gasteiger partial charge in [-0.05, 0) is 67.4 Å². The molecule has 186 valence electrons. The van der Waals surface area contributed by atoms with E-state index in [4.69, 9.17) is 4.74 Å². The van der Waals surface area contributed by atoms with Gasteiger partial charge in [0.15, 0.2) is 0 Å². The second-order valence-corrected chi connectivity index (χ2v) is 10.4. The molecular formula is C25H41N3O5. The molecule has 0 aliphatic carbocycles. The van der Waals surface area contributed by atoms with Crippen LogP contribution in [0.1, 0.15) is 79.0 Å². The highest BCUT2D eigenvalue weighted by Gasteiger charge is 2.39. The van der Waals surface area contributed by atoms with Crippen molar-refractivity contribution in [2.45, 2.75) is 98.0 Å². The Morgan fingerprint density at radius 2 is 1.61 bits per heavy atom. The average Bonchev–Trinajstić information content (AvgIpc) is 2.67. The number of amides is 3. The van der Waals surface area contributed by atoms with Crippen LogP contribution >= 0.6 is 0 Å². The largest absolute Gasteiger partial charge is 0.444 e. The smallest absolute Gasteiger partial charge is 0.408 e. The quantitative estimate of drug-likeness (QED) is 0.547. The zero-order valence-corrected chi connectivity index (χ0v) is 21.5. The molecule has 0 heterocycles. The van der Waals surface area contributed by atoms with Gasteiger partial charge in [-0.3, -0.25) is 9.59 Å². The lowest BCUT2D eigenvalue weighted by Gasteiger charge is -2.39. The van der Waals surface area contributed by atoms with Crippen molar-refractivity contribution in [1.82, 2.24) is 15.5 Å². The van der Waals surface area contributed by atoms with Crippen LogP contribution < -0.4 is 10.6 Å². The maximum atomic E-state index is 13.6. The van der Waals surface area contributed by atoms with Crippen molar-refractivity contribution < 1.29 is 24.2 Å². The fraction of sp³-hybridized carbons (Fsp3) is 0.640. The molecule has 3 N–H and O–H groups in total. The third-order valence-electron chi connectivity index (χ3n) is 4.91. The van der Waals surface area contributed by atoms with E-state index in [0.29, 0.717) is 12.0 Å². The molecule has 0 bridgehead atoms. The van der Waals surface area contributed by atoms with Crippen LogP contribution in [0.25, 0.3) is 0 Å². The molecule has 0 spiro atoms. The van der Waals surface area contributed by atoms with Gasteiger partial charge in [-0.2, -0.15) is 0 Å². The number of aliphatic hydroxyl groups excluding tert-OH is 1. The number of carbonyl (C=O) groups excluding carboxylic acids is 3. The summed E-state index contributed by atoms with van der Waals surface area (Å²) in [5, 5.41) is 15.4. The fourth-order valence-corrected chi connectivity index (χ4v) is 3.24. The summed E-state index contributed by atoms with van der Waals surface area (Å²) in [5.74, 6) is -0.902. The number of hydrogen-bond acceptors (Lipinski definition) is 5. The van der Waals surface area contributed by atoms with Crippen LogP contribution in [0.3, 0.4) is 0 Å². The predicted octanol–water partition coefficient (Wildman–Crippen LogP) is 3.46. The molecule has 8 heteroatoms. The number of nitrogens with zero attached hydrogens (tertiary/aromatic N) is 1. The number of hydrogen-bond donors (Lipinski definition) is 3. The van der Waals surface area contributed by atoms with Crippen molar-refractivity contribution in [3.05, 3.63) is 35.4 Å². The van der Waals surface area contributed by atoms with Crippen molar-refractivity contribution in [3.63, 3.8) is 0 Å². The van der Waals surface area contributed by atoms with Gasteiger partial charge in [0.05, 0.1) is 6.61 Å². The molecular weight excluding hydrogens is 422 g/mol. The highest BCUT2D eigenvalue weighted by atomic mass is 16.6. The Morgan fingerprint density at radius 1 is 1.06 bits per heavy atom. The first-order valence-electron chi connectivity index (χ1n) is 11.4. The SMILES string of the molecule is CCC(C)N(C(=O)C(CO)NC(=O)OC(C)(C)C)C(C(=O)NC(C)(C)C)c1ccc(C)cc1. The van der Waals surface area contributed by atoms with Gasteiger partial charge in [-0.15, -0.1) is 0 Å². The molecule has 33 heavy (non-hydrogen) atoms. The lowest BCUT2D eigenvalue weighted by atomic mass is 9.98. The minimum atomic E-state index is -1.26. The number of benzene rings is 1. The lowest BCUT2D eigenvalue weighted by Crippen LogP contribution is -2.57. The third kappa shape index (κ3) is 9.04. The second kappa shape index (κ2) is 11.5. The molecule has 3 amide bonds. The zero-order chi connectivity index (χ0) is 25.6. The Balaban J connectivity index is 3.44. The highest BCUT2D eigenvalue weighted by molar-refractivity contribution is 5.92. The average molecular weight is 464 g/mol. The van der Waals surface area contributed by atoms with E-state index in [1.165, 1.54) is 4.90 Å². The van der Waals surface area contributed by atoms with Crippen LogP contribution in [-0.2, 0) is 14.3 Å². The summed E-state index contributed by atoms with van der Waals surface area (Å²) in [7, 11) is 0. The van der Waals surface area contributed by atoms with Gasteiger partial charge < -0.3 is 25.4 Å². The minimum Gasteiger partial charge on any atom is -0.444 e. The molecule has 0 aliphatic rings. The van der Waals surface area contributed by atoms with Crippen LogP contribution in [0, 0.1) is 6.92 Å². The number of aryl methyl sites for hydroxylation is 1. The first kappa shape index (κ1) is 28.4. The number of aliphatic hydroxyl groups is 1. The normalized spacial score (nSPS) is 14.6. The fourth-order valence-electron chi connectivity index (χ4n) is 3.24. The maximum absolute atomic E-state index is 13.6. The molecule has 0 aromatic heterocycles. The van der Waals surface area contributed by atoms with Gasteiger partial charge in [0.25, 0.3) is 0 Å². The van der Waals surface area contributed by atoms with Gasteiger partial charge in [-0.25, -0.2) is 4.79 Å². The molecule has 0 saturated carbocycles. The number of carbonyl (C=O) groups is 3. The summed E-state index contributed by atoms with van der Waals surface area (Å²) >= 11 is 0. The minimum absolute atomic E-state index is 0.339. The van der Waals surface area contributed by atoms with Crippen molar-refractivity contribution in [2.24, 2.45) is 0 Å².